The third kappa shape index (κ3) is 3.51. The molecule has 170 valence electrons. The summed E-state index contributed by atoms with van der Waals surface area (Å²) in [4.78, 5) is 33.7. The van der Waals surface area contributed by atoms with Crippen molar-refractivity contribution in [3.8, 4) is 0 Å². The number of nitrogens with zero attached hydrogens (tertiary/aromatic N) is 6. The van der Waals surface area contributed by atoms with E-state index in [4.69, 9.17) is 9.72 Å². The molecule has 1 aliphatic carbocycles. The van der Waals surface area contributed by atoms with Crippen LogP contribution < -0.4 is 5.32 Å². The fraction of sp³-hybridized carbons (Fsp3) is 0.409. The molecule has 0 spiro atoms. The number of morpholine rings is 1. The van der Waals surface area contributed by atoms with Gasteiger partial charge in [0.2, 0.25) is 0 Å². The van der Waals surface area contributed by atoms with Crippen LogP contribution in [-0.2, 0) is 4.74 Å². The highest BCUT2D eigenvalue weighted by Crippen LogP contribution is 2.42. The topological polar surface area (TPSA) is 98.1 Å². The number of anilines is 1. The molecule has 1 aromatic carbocycles. The third-order valence-corrected chi connectivity index (χ3v) is 6.86. The highest BCUT2D eigenvalue weighted by Gasteiger charge is 2.34. The second-order valence-electron chi connectivity index (χ2n) is 8.36. The van der Waals surface area contributed by atoms with E-state index in [0.717, 1.165) is 23.5 Å². The molecule has 0 unspecified atom stereocenters. The first-order valence-electron chi connectivity index (χ1n) is 11.0. The minimum Gasteiger partial charge on any atom is -0.378 e. The molecule has 1 atom stereocenters. The van der Waals surface area contributed by atoms with Crippen LogP contribution in [0.5, 0.6) is 0 Å². The summed E-state index contributed by atoms with van der Waals surface area (Å²) in [5, 5.41) is 3.40. The number of nitrogens with one attached hydrogen (secondary N) is 1. The number of aromatic nitrogens is 5. The van der Waals surface area contributed by atoms with E-state index in [9.17, 15) is 4.79 Å². The number of halogens is 1. The van der Waals surface area contributed by atoms with Crippen molar-refractivity contribution in [1.82, 2.24) is 29.4 Å². The van der Waals surface area contributed by atoms with Gasteiger partial charge in [-0.15, -0.1) is 11.3 Å². The van der Waals surface area contributed by atoms with E-state index < -0.39 is 5.82 Å². The summed E-state index contributed by atoms with van der Waals surface area (Å²) in [6.07, 6.45) is 3.45. The lowest BCUT2D eigenvalue weighted by Gasteiger charge is -2.27. The van der Waals surface area contributed by atoms with E-state index >= 15 is 4.39 Å². The molecule has 1 N–H and O–H groups in total. The summed E-state index contributed by atoms with van der Waals surface area (Å²) in [5.41, 5.74) is 3.72. The number of rotatable bonds is 5. The van der Waals surface area contributed by atoms with E-state index in [2.05, 4.69) is 20.3 Å². The summed E-state index contributed by atoms with van der Waals surface area (Å²) in [6.45, 7) is 3.81. The Morgan fingerprint density at radius 2 is 2.06 bits per heavy atom. The zero-order valence-corrected chi connectivity index (χ0v) is 18.8. The molecule has 4 aromatic rings. The van der Waals surface area contributed by atoms with Crippen LogP contribution in [0.2, 0.25) is 0 Å². The van der Waals surface area contributed by atoms with E-state index in [1.807, 2.05) is 11.5 Å². The standard InChI is InChI=1S/C22H22FN7O2S/c1-12(27-19-17-21(25-10-24-19)33-11-26-17)20-28-15-5-4-14(23)16(18(15)30(20)13-2-3-13)22(31)29-6-8-32-9-7-29/h4-5,10-13H,2-3,6-9H2,1H3,(H,24,25,27)/t12-/m0/s1. The predicted molar refractivity (Wildman–Crippen MR) is 122 cm³/mol. The number of fused-ring (bicyclic) bond motifs is 2. The molecule has 0 radical (unpaired) electrons. The van der Waals surface area contributed by atoms with Crippen molar-refractivity contribution in [2.45, 2.75) is 31.8 Å². The highest BCUT2D eigenvalue weighted by atomic mass is 32.1. The van der Waals surface area contributed by atoms with Gasteiger partial charge in [-0.25, -0.2) is 24.3 Å². The fourth-order valence-electron chi connectivity index (χ4n) is 4.39. The van der Waals surface area contributed by atoms with E-state index in [1.165, 1.54) is 23.7 Å². The van der Waals surface area contributed by atoms with E-state index in [0.29, 0.717) is 48.7 Å². The zero-order valence-electron chi connectivity index (χ0n) is 18.0. The lowest BCUT2D eigenvalue weighted by atomic mass is 10.1. The second kappa shape index (κ2) is 7.99. The molecule has 3 aromatic heterocycles. The van der Waals surface area contributed by atoms with Crippen LogP contribution in [0.3, 0.4) is 0 Å². The fourth-order valence-corrected chi connectivity index (χ4v) is 5.01. The quantitative estimate of drug-likeness (QED) is 0.479. The first kappa shape index (κ1) is 20.4. The van der Waals surface area contributed by atoms with Crippen LogP contribution >= 0.6 is 11.3 Å². The van der Waals surface area contributed by atoms with Gasteiger partial charge in [0, 0.05) is 19.1 Å². The maximum atomic E-state index is 15.1. The Morgan fingerprint density at radius 1 is 1.24 bits per heavy atom. The Labute approximate surface area is 192 Å². The lowest BCUT2D eigenvalue weighted by molar-refractivity contribution is 0.0301. The Balaban J connectivity index is 1.44. The number of benzene rings is 1. The summed E-state index contributed by atoms with van der Waals surface area (Å²) in [5.74, 6) is 0.540. The average Bonchev–Trinajstić information content (AvgIpc) is 3.41. The summed E-state index contributed by atoms with van der Waals surface area (Å²) in [7, 11) is 0. The van der Waals surface area contributed by atoms with Crippen molar-refractivity contribution in [1.29, 1.82) is 0 Å². The summed E-state index contributed by atoms with van der Waals surface area (Å²) < 4.78 is 22.5. The van der Waals surface area contributed by atoms with E-state index in [1.54, 1.807) is 16.5 Å². The minimum absolute atomic E-state index is 0.0937. The van der Waals surface area contributed by atoms with Crippen LogP contribution in [0.1, 0.15) is 48.0 Å². The maximum absolute atomic E-state index is 15.1. The van der Waals surface area contributed by atoms with Gasteiger partial charge in [-0.3, -0.25) is 4.79 Å². The molecule has 1 saturated carbocycles. The molecule has 1 saturated heterocycles. The Bertz CT molecular complexity index is 1360. The van der Waals surface area contributed by atoms with E-state index in [-0.39, 0.29) is 23.6 Å². The molecule has 33 heavy (non-hydrogen) atoms. The molecule has 11 heteroatoms. The Morgan fingerprint density at radius 3 is 2.85 bits per heavy atom. The van der Waals surface area contributed by atoms with Crippen molar-refractivity contribution in [3.05, 3.63) is 41.2 Å². The molecule has 0 bridgehead atoms. The average molecular weight is 468 g/mol. The summed E-state index contributed by atoms with van der Waals surface area (Å²) >= 11 is 1.45. The number of thiazole rings is 1. The molecule has 1 aliphatic heterocycles. The molecular weight excluding hydrogens is 445 g/mol. The van der Waals surface area contributed by atoms with Crippen LogP contribution in [0.15, 0.2) is 24.0 Å². The normalized spacial score (nSPS) is 17.6. The molecule has 9 nitrogen and oxygen atoms in total. The van der Waals surface area contributed by atoms with Gasteiger partial charge in [-0.2, -0.15) is 0 Å². The molecule has 6 rings (SSSR count). The smallest absolute Gasteiger partial charge is 0.259 e. The SMILES string of the molecule is C[C@H](Nc1ncnc2scnc12)c1nc2ccc(F)c(C(=O)N3CCOCC3)c2n1C1CC1. The number of imidazole rings is 1. The second-order valence-corrected chi connectivity index (χ2v) is 9.19. The zero-order chi connectivity index (χ0) is 22.5. The van der Waals surface area contributed by atoms with Crippen molar-refractivity contribution < 1.29 is 13.9 Å². The Hall–Kier alpha value is -3.18. The first-order valence-corrected chi connectivity index (χ1v) is 11.9. The van der Waals surface area contributed by atoms with Gasteiger partial charge < -0.3 is 19.5 Å². The molecule has 4 heterocycles. The minimum atomic E-state index is -0.520. The van der Waals surface area contributed by atoms with Crippen LogP contribution in [-0.4, -0.2) is 61.6 Å². The van der Waals surface area contributed by atoms with Crippen molar-refractivity contribution in [2.75, 3.05) is 31.6 Å². The summed E-state index contributed by atoms with van der Waals surface area (Å²) in [6, 6.07) is 2.94. The van der Waals surface area contributed by atoms with Crippen molar-refractivity contribution in [3.63, 3.8) is 0 Å². The number of carbonyl (C=O) groups excluding carboxylic acids is 1. The predicted octanol–water partition coefficient (Wildman–Crippen LogP) is 3.56. The largest absolute Gasteiger partial charge is 0.378 e. The van der Waals surface area contributed by atoms with Gasteiger partial charge in [0.05, 0.1) is 35.8 Å². The monoisotopic (exact) mass is 467 g/mol. The third-order valence-electron chi connectivity index (χ3n) is 6.13. The number of hydrogen-bond donors (Lipinski definition) is 1. The molecule has 2 fully saturated rings. The van der Waals surface area contributed by atoms with Gasteiger partial charge in [0.25, 0.3) is 5.91 Å². The number of carbonyl (C=O) groups is 1. The van der Waals surface area contributed by atoms with Crippen molar-refractivity contribution >= 4 is 44.4 Å². The van der Waals surface area contributed by atoms with Crippen LogP contribution in [0.4, 0.5) is 10.2 Å². The lowest BCUT2D eigenvalue weighted by Crippen LogP contribution is -2.41. The Kier molecular flexibility index (Phi) is 4.95. The van der Waals surface area contributed by atoms with Crippen LogP contribution in [0.25, 0.3) is 21.4 Å². The molecular formula is C22H22FN7O2S. The maximum Gasteiger partial charge on any atom is 0.259 e. The van der Waals surface area contributed by atoms with Crippen LogP contribution in [0, 0.1) is 5.82 Å². The van der Waals surface area contributed by atoms with Gasteiger partial charge in [0.15, 0.2) is 5.82 Å². The van der Waals surface area contributed by atoms with Gasteiger partial charge in [-0.05, 0) is 31.9 Å². The molecule has 2 aliphatic rings. The number of hydrogen-bond acceptors (Lipinski definition) is 8. The van der Waals surface area contributed by atoms with Gasteiger partial charge >= 0.3 is 0 Å². The van der Waals surface area contributed by atoms with Gasteiger partial charge in [0.1, 0.15) is 33.9 Å². The molecule has 1 amide bonds. The number of amides is 1. The van der Waals surface area contributed by atoms with Gasteiger partial charge in [-0.1, -0.05) is 0 Å². The highest BCUT2D eigenvalue weighted by molar-refractivity contribution is 7.16. The first-order chi connectivity index (χ1) is 16.1. The van der Waals surface area contributed by atoms with Crippen molar-refractivity contribution in [2.24, 2.45) is 0 Å². The number of ether oxygens (including phenoxy) is 1.